The molecule has 2 saturated heterocycles. The summed E-state index contributed by atoms with van der Waals surface area (Å²) in [5, 5.41) is 40.2. The Morgan fingerprint density at radius 1 is 1.19 bits per heavy atom. The number of amides is 3. The van der Waals surface area contributed by atoms with Crippen LogP contribution in [0.1, 0.15) is 26.2 Å². The first-order valence-corrected chi connectivity index (χ1v) is 12.0. The van der Waals surface area contributed by atoms with Gasteiger partial charge in [0.2, 0.25) is 17.7 Å². The van der Waals surface area contributed by atoms with Crippen molar-refractivity contribution >= 4 is 52.5 Å². The van der Waals surface area contributed by atoms with Crippen molar-refractivity contribution in [2.45, 2.75) is 50.6 Å². The average molecular weight is 602 g/mol. The first-order chi connectivity index (χ1) is 16.9. The van der Waals surface area contributed by atoms with Gasteiger partial charge >= 0.3 is 29.6 Å². The Balaban J connectivity index is -0.000000117. The van der Waals surface area contributed by atoms with Crippen LogP contribution < -0.4 is 46.8 Å². The molecule has 2 fully saturated rings. The fraction of sp³-hybridized carbons (Fsp3) is 0.750. The van der Waals surface area contributed by atoms with Gasteiger partial charge in [0.15, 0.2) is 0 Å². The van der Waals surface area contributed by atoms with Gasteiger partial charge in [-0.1, -0.05) is 6.92 Å². The minimum absolute atomic E-state index is 0. The molecule has 0 bridgehead atoms. The number of carbonyl (C=O) groups excluding carboxylic acids is 3. The van der Waals surface area contributed by atoms with Crippen LogP contribution in [0.25, 0.3) is 0 Å². The third kappa shape index (κ3) is 39.7. The van der Waals surface area contributed by atoms with E-state index in [-0.39, 0.29) is 79.9 Å². The number of carbonyl (C=O) groups is 3. The topological polar surface area (TPSA) is 253 Å². The normalized spacial score (nSPS) is 17.6. The summed E-state index contributed by atoms with van der Waals surface area (Å²) in [6.45, 7) is 7.61. The maximum absolute atomic E-state index is 10.9. The molecule has 4 unspecified atom stereocenters. The summed E-state index contributed by atoms with van der Waals surface area (Å²) in [6.07, 6.45) is -0.197. The number of ether oxygens (including phenoxy) is 1. The van der Waals surface area contributed by atoms with Crippen molar-refractivity contribution in [2.24, 2.45) is 17.2 Å². The SMILES string of the molecule is CCC(O)CCl.ClCC1CO1.N#CCC(O)CCl.NC(=O)CN1CC(O)CC1=O.NCC(N)=O.[C-]#N.[Na+]. The maximum Gasteiger partial charge on any atom is 1.00 e. The summed E-state index contributed by atoms with van der Waals surface area (Å²) >= 11 is 15.6. The number of alkyl halides is 3. The van der Waals surface area contributed by atoms with Gasteiger partial charge in [-0.25, -0.2) is 0 Å². The number of nitriles is 1. The summed E-state index contributed by atoms with van der Waals surface area (Å²) in [4.78, 5) is 32.0. The molecule has 37 heavy (non-hydrogen) atoms. The third-order valence-electron chi connectivity index (χ3n) is 3.47. The van der Waals surface area contributed by atoms with Crippen molar-refractivity contribution in [1.29, 1.82) is 10.5 Å². The van der Waals surface area contributed by atoms with Crippen LogP contribution in [0.2, 0.25) is 0 Å². The molecule has 0 radical (unpaired) electrons. The second-order valence-electron chi connectivity index (χ2n) is 6.77. The molecule has 0 aromatic rings. The Bertz CT molecular complexity index is 639. The van der Waals surface area contributed by atoms with Gasteiger partial charge in [0.1, 0.15) is 0 Å². The summed E-state index contributed by atoms with van der Waals surface area (Å²) in [5.74, 6) is -0.0573. The number of rotatable bonds is 8. The first kappa shape index (κ1) is 45.9. The number of nitrogens with zero attached hydrogens (tertiary/aromatic N) is 3. The predicted octanol–water partition coefficient (Wildman–Crippen LogP) is -4.28. The van der Waals surface area contributed by atoms with Gasteiger partial charge in [0.05, 0.1) is 68.9 Å². The van der Waals surface area contributed by atoms with Gasteiger partial charge < -0.3 is 54.0 Å². The van der Waals surface area contributed by atoms with Crippen molar-refractivity contribution < 1.29 is 64.0 Å². The fourth-order valence-corrected chi connectivity index (χ4v) is 2.02. The second kappa shape index (κ2) is 33.1. The molecular weight excluding hydrogens is 566 g/mol. The van der Waals surface area contributed by atoms with Gasteiger partial charge in [-0.3, -0.25) is 14.4 Å². The molecule has 3 amide bonds. The van der Waals surface area contributed by atoms with Gasteiger partial charge in [-0.15, -0.1) is 34.8 Å². The van der Waals surface area contributed by atoms with Crippen LogP contribution in [0.15, 0.2) is 0 Å². The number of hydrogen-bond acceptors (Lipinski definition) is 10. The van der Waals surface area contributed by atoms with Crippen LogP contribution in [-0.4, -0.2) is 106 Å². The van der Waals surface area contributed by atoms with Crippen molar-refractivity contribution in [2.75, 3.05) is 43.9 Å². The summed E-state index contributed by atoms with van der Waals surface area (Å²) in [5.41, 5.74) is 14.1. The number of β-amino-alcohol motifs (C(OH)–C–C–N with tert-alkyl or cyclic N) is 1. The van der Waals surface area contributed by atoms with Gasteiger partial charge in [-0.2, -0.15) is 5.26 Å². The van der Waals surface area contributed by atoms with Gasteiger partial charge in [0.25, 0.3) is 0 Å². The van der Waals surface area contributed by atoms with E-state index in [0.717, 1.165) is 13.0 Å². The van der Waals surface area contributed by atoms with Crippen molar-refractivity contribution in [3.8, 4) is 6.07 Å². The van der Waals surface area contributed by atoms with E-state index < -0.39 is 24.0 Å². The molecule has 2 aliphatic heterocycles. The first-order valence-electron chi connectivity index (χ1n) is 10.4. The molecule has 210 valence electrons. The molecule has 0 saturated carbocycles. The van der Waals surface area contributed by atoms with Crippen LogP contribution in [0.4, 0.5) is 0 Å². The molecular formula is C20H36Cl3N6NaO7. The summed E-state index contributed by atoms with van der Waals surface area (Å²) in [6, 6.07) is 1.78. The Labute approximate surface area is 255 Å². The van der Waals surface area contributed by atoms with Gasteiger partial charge in [0, 0.05) is 18.3 Å². The minimum atomic E-state index is -0.647. The molecule has 0 aromatic carbocycles. The number of aliphatic hydroxyl groups is 3. The van der Waals surface area contributed by atoms with E-state index in [2.05, 4.69) is 5.73 Å². The zero-order valence-electron chi connectivity index (χ0n) is 21.1. The maximum atomic E-state index is 10.9. The zero-order chi connectivity index (χ0) is 29.1. The minimum Gasteiger partial charge on any atom is -0.512 e. The Hall–Kier alpha value is -0.940. The molecule has 0 spiro atoms. The number of primary amides is 2. The number of aliphatic hydroxyl groups excluding tert-OH is 3. The fourth-order valence-electron chi connectivity index (χ4n) is 1.52. The number of epoxide rings is 1. The van der Waals surface area contributed by atoms with Crippen LogP contribution in [0, 0.1) is 23.2 Å². The average Bonchev–Trinajstić information content (AvgIpc) is 3.65. The van der Waals surface area contributed by atoms with Crippen molar-refractivity contribution in [3.63, 3.8) is 0 Å². The molecule has 13 nitrogen and oxygen atoms in total. The predicted molar refractivity (Wildman–Crippen MR) is 134 cm³/mol. The number of halogens is 3. The monoisotopic (exact) mass is 600 g/mol. The van der Waals surface area contributed by atoms with Crippen LogP contribution >= 0.6 is 34.8 Å². The van der Waals surface area contributed by atoms with Crippen LogP contribution in [0.3, 0.4) is 0 Å². The largest absolute Gasteiger partial charge is 1.00 e. The number of nitrogens with two attached hydrogens (primary N) is 3. The molecule has 0 aliphatic carbocycles. The third-order valence-corrected chi connectivity index (χ3v) is 4.53. The quantitative estimate of drug-likeness (QED) is 0.0675. The van der Waals surface area contributed by atoms with Crippen LogP contribution in [-0.2, 0) is 19.1 Å². The molecule has 4 atom stereocenters. The van der Waals surface area contributed by atoms with E-state index in [0.29, 0.717) is 17.9 Å². The van der Waals surface area contributed by atoms with E-state index in [1.165, 1.54) is 4.90 Å². The van der Waals surface area contributed by atoms with E-state index in [9.17, 15) is 14.4 Å². The summed E-state index contributed by atoms with van der Waals surface area (Å²) in [7, 11) is 0. The van der Waals surface area contributed by atoms with E-state index in [4.69, 9.17) is 83.4 Å². The van der Waals surface area contributed by atoms with E-state index in [1.54, 1.807) is 6.07 Å². The van der Waals surface area contributed by atoms with Crippen molar-refractivity contribution in [3.05, 3.63) is 6.57 Å². The molecule has 9 N–H and O–H groups in total. The smallest absolute Gasteiger partial charge is 0.512 e. The summed E-state index contributed by atoms with van der Waals surface area (Å²) < 4.78 is 4.73. The second-order valence-corrected chi connectivity index (χ2v) is 7.69. The van der Waals surface area contributed by atoms with Gasteiger partial charge in [-0.05, 0) is 6.42 Å². The van der Waals surface area contributed by atoms with E-state index in [1.807, 2.05) is 6.92 Å². The molecule has 2 rings (SSSR count). The number of likely N-dealkylation sites (tertiary alicyclic amines) is 1. The Kier molecular flexibility index (Phi) is 41.1. The Morgan fingerprint density at radius 2 is 1.65 bits per heavy atom. The standard InChI is InChI=1S/C6H10N2O3.C4H6ClNO.C4H9ClO.C3H5ClO.C2H6N2O.CN.Na/c7-5(10)3-8-2-4(9)1-6(8)11;5-3-4(7)1-2-6;1-2-4(6)3-5;4-1-3-2-5-3;3-1-2(4)5;1-2;/h4,9H,1-3H2,(H2,7,10);4,7H,1,3H2;4,6H,2-3H2,1H3;3H,1-2H2;1,3H2,(H2,4,5);;/q;;;;;-1;+1. The molecule has 0 aromatic heterocycles. The van der Waals surface area contributed by atoms with Crippen LogP contribution in [0.5, 0.6) is 0 Å². The number of hydrogen-bond donors (Lipinski definition) is 6. The molecule has 2 heterocycles. The van der Waals surface area contributed by atoms with Crippen molar-refractivity contribution in [1.82, 2.24) is 4.90 Å². The molecule has 2 aliphatic rings. The zero-order valence-corrected chi connectivity index (χ0v) is 25.3. The van der Waals surface area contributed by atoms with E-state index >= 15 is 0 Å². The Morgan fingerprint density at radius 3 is 1.78 bits per heavy atom. The molecule has 17 heteroatoms.